The minimum atomic E-state index is -1.49. The number of hydrogen-bond acceptors (Lipinski definition) is 3. The Labute approximate surface area is 177 Å². The van der Waals surface area contributed by atoms with Gasteiger partial charge in [0.05, 0.1) is 34.4 Å². The molecule has 0 aromatic heterocycles. The molecule has 0 bridgehead atoms. The second-order valence-corrected chi connectivity index (χ2v) is 7.91. The summed E-state index contributed by atoms with van der Waals surface area (Å²) >= 11 is 12.4. The van der Waals surface area contributed by atoms with E-state index in [4.69, 9.17) is 27.9 Å². The van der Waals surface area contributed by atoms with Crippen LogP contribution in [0.5, 0.6) is 5.75 Å². The molecule has 2 N–H and O–H groups in total. The van der Waals surface area contributed by atoms with E-state index in [1.807, 2.05) is 0 Å². The van der Waals surface area contributed by atoms with Gasteiger partial charge in [-0.2, -0.15) is 0 Å². The van der Waals surface area contributed by atoms with Crippen molar-refractivity contribution in [3.63, 3.8) is 0 Å². The number of rotatable bonds is 5. The van der Waals surface area contributed by atoms with Gasteiger partial charge in [0.2, 0.25) is 0 Å². The molecule has 8 heteroatoms. The number of aliphatic hydroxyl groups is 1. The normalized spacial score (nSPS) is 22.8. The number of nitrogens with one attached hydrogen (secondary N) is 1. The second kappa shape index (κ2) is 8.86. The van der Waals surface area contributed by atoms with Crippen molar-refractivity contribution in [3.8, 4) is 5.75 Å². The van der Waals surface area contributed by atoms with Crippen molar-refractivity contribution in [1.29, 1.82) is 0 Å². The molecule has 0 radical (unpaired) electrons. The molecule has 1 aliphatic carbocycles. The van der Waals surface area contributed by atoms with Gasteiger partial charge in [0, 0.05) is 0 Å². The van der Waals surface area contributed by atoms with Gasteiger partial charge in [0.15, 0.2) is 0 Å². The Balaban J connectivity index is 2.00. The molecule has 2 aromatic carbocycles. The summed E-state index contributed by atoms with van der Waals surface area (Å²) in [6, 6.07) is 7.83. The fourth-order valence-electron chi connectivity index (χ4n) is 3.67. The minimum Gasteiger partial charge on any atom is -0.495 e. The van der Waals surface area contributed by atoms with Gasteiger partial charge in [-0.25, -0.2) is 8.78 Å². The highest BCUT2D eigenvalue weighted by molar-refractivity contribution is 6.35. The number of alkyl halides is 1. The third kappa shape index (κ3) is 4.49. The van der Waals surface area contributed by atoms with Crippen LogP contribution in [0.15, 0.2) is 36.4 Å². The van der Waals surface area contributed by atoms with Gasteiger partial charge in [-0.3, -0.25) is 4.79 Å². The van der Waals surface area contributed by atoms with Crippen molar-refractivity contribution >= 4 is 29.1 Å². The molecule has 1 aliphatic rings. The molecule has 156 valence electrons. The molecule has 4 nitrogen and oxygen atoms in total. The smallest absolute Gasteiger partial charge is 0.253 e. The molecule has 2 aromatic rings. The molecule has 1 amide bonds. The van der Waals surface area contributed by atoms with Crippen LogP contribution in [-0.4, -0.2) is 29.9 Å². The first-order chi connectivity index (χ1) is 13.8. The molecule has 1 fully saturated rings. The predicted molar refractivity (Wildman–Crippen MR) is 108 cm³/mol. The fraction of sp³-hybridized carbons (Fsp3) is 0.381. The number of methoxy groups -OCH3 is 1. The Kier molecular flexibility index (Phi) is 6.66. The van der Waals surface area contributed by atoms with Crippen molar-refractivity contribution < 1.29 is 23.4 Å². The first kappa shape index (κ1) is 21.8. The highest BCUT2D eigenvalue weighted by atomic mass is 35.5. The topological polar surface area (TPSA) is 58.6 Å². The first-order valence-electron chi connectivity index (χ1n) is 9.20. The van der Waals surface area contributed by atoms with Gasteiger partial charge in [-0.05, 0) is 49.4 Å². The Morgan fingerprint density at radius 2 is 1.86 bits per heavy atom. The predicted octanol–water partition coefficient (Wildman–Crippen LogP) is 5.26. The summed E-state index contributed by atoms with van der Waals surface area (Å²) < 4.78 is 32.9. The standard InChI is InChI=1S/C21H21Cl2F2NO3/c1-29-16-7-3-5-14(18(16)23)20(27)26-19(13-4-2-6-15(25)17(13)22)21(28)10-8-12(24)9-11-21/h2-7,12,19,28H,8-11H2,1H3,(H,26,27). The van der Waals surface area contributed by atoms with Crippen LogP contribution in [0.4, 0.5) is 8.78 Å². The molecular formula is C21H21Cl2F2NO3. The largest absolute Gasteiger partial charge is 0.495 e. The fourth-order valence-corrected chi connectivity index (χ4v) is 4.19. The van der Waals surface area contributed by atoms with Crippen LogP contribution in [0.2, 0.25) is 10.0 Å². The summed E-state index contributed by atoms with van der Waals surface area (Å²) in [5.41, 5.74) is -1.13. The number of ether oxygens (including phenoxy) is 1. The molecule has 0 saturated heterocycles. The van der Waals surface area contributed by atoms with E-state index in [9.17, 15) is 18.7 Å². The lowest BCUT2D eigenvalue weighted by atomic mass is 9.76. The highest BCUT2D eigenvalue weighted by Crippen LogP contribution is 2.42. The maximum Gasteiger partial charge on any atom is 0.253 e. The van der Waals surface area contributed by atoms with Gasteiger partial charge >= 0.3 is 0 Å². The van der Waals surface area contributed by atoms with Gasteiger partial charge in [-0.1, -0.05) is 41.4 Å². The number of benzene rings is 2. The van der Waals surface area contributed by atoms with Gasteiger partial charge < -0.3 is 15.2 Å². The summed E-state index contributed by atoms with van der Waals surface area (Å²) in [5.74, 6) is -0.947. The summed E-state index contributed by atoms with van der Waals surface area (Å²) in [7, 11) is 1.43. The summed E-state index contributed by atoms with van der Waals surface area (Å²) in [6.45, 7) is 0. The van der Waals surface area contributed by atoms with Gasteiger partial charge in [0.1, 0.15) is 17.7 Å². The molecule has 0 aliphatic heterocycles. The van der Waals surface area contributed by atoms with Crippen LogP contribution in [0.3, 0.4) is 0 Å². The van der Waals surface area contributed by atoms with Crippen molar-refractivity contribution in [2.24, 2.45) is 0 Å². The van der Waals surface area contributed by atoms with E-state index >= 15 is 0 Å². The lowest BCUT2D eigenvalue weighted by Gasteiger charge is -2.41. The molecule has 0 heterocycles. The van der Waals surface area contributed by atoms with E-state index in [0.29, 0.717) is 5.75 Å². The van der Waals surface area contributed by atoms with Crippen LogP contribution < -0.4 is 10.1 Å². The number of hydrogen-bond donors (Lipinski definition) is 2. The Hall–Kier alpha value is -1.89. The van der Waals surface area contributed by atoms with Crippen molar-refractivity contribution in [1.82, 2.24) is 5.32 Å². The summed E-state index contributed by atoms with van der Waals surface area (Å²) in [4.78, 5) is 13.0. The number of halogens is 4. The second-order valence-electron chi connectivity index (χ2n) is 7.15. The average Bonchev–Trinajstić information content (AvgIpc) is 2.71. The Morgan fingerprint density at radius 3 is 2.52 bits per heavy atom. The zero-order valence-corrected chi connectivity index (χ0v) is 17.2. The van der Waals surface area contributed by atoms with Crippen molar-refractivity contribution in [3.05, 3.63) is 63.4 Å². The molecular weight excluding hydrogens is 423 g/mol. The first-order valence-corrected chi connectivity index (χ1v) is 9.96. The van der Waals surface area contributed by atoms with E-state index in [-0.39, 0.29) is 46.9 Å². The molecule has 0 spiro atoms. The van der Waals surface area contributed by atoms with E-state index in [2.05, 4.69) is 5.32 Å². The van der Waals surface area contributed by atoms with E-state index in [1.54, 1.807) is 12.1 Å². The summed E-state index contributed by atoms with van der Waals surface area (Å²) in [6.07, 6.45) is -0.566. The quantitative estimate of drug-likeness (QED) is 0.662. The van der Waals surface area contributed by atoms with Crippen molar-refractivity contribution in [2.45, 2.75) is 43.5 Å². The molecule has 1 atom stereocenters. The average molecular weight is 444 g/mol. The molecule has 1 saturated carbocycles. The van der Waals surface area contributed by atoms with Gasteiger partial charge in [0.25, 0.3) is 5.91 Å². The lowest BCUT2D eigenvalue weighted by molar-refractivity contribution is -0.0445. The van der Waals surface area contributed by atoms with E-state index in [1.165, 1.54) is 31.4 Å². The highest BCUT2D eigenvalue weighted by Gasteiger charge is 2.43. The Bertz CT molecular complexity index is 901. The third-order valence-corrected chi connectivity index (χ3v) is 6.10. The SMILES string of the molecule is COc1cccc(C(=O)NC(c2cccc(F)c2Cl)C2(O)CCC(F)CC2)c1Cl. The Morgan fingerprint density at radius 1 is 1.21 bits per heavy atom. The van der Waals surface area contributed by atoms with Crippen LogP contribution in [0.1, 0.15) is 47.6 Å². The van der Waals surface area contributed by atoms with E-state index in [0.717, 1.165) is 0 Å². The van der Waals surface area contributed by atoms with Crippen molar-refractivity contribution in [2.75, 3.05) is 7.11 Å². The molecule has 1 unspecified atom stereocenters. The van der Waals surface area contributed by atoms with Crippen LogP contribution >= 0.6 is 23.2 Å². The number of carbonyl (C=O) groups excluding carboxylic acids is 1. The minimum absolute atomic E-state index is 0.0950. The summed E-state index contributed by atoms with van der Waals surface area (Å²) in [5, 5.41) is 13.9. The van der Waals surface area contributed by atoms with E-state index < -0.39 is 29.5 Å². The zero-order valence-electron chi connectivity index (χ0n) is 15.7. The molecule has 29 heavy (non-hydrogen) atoms. The molecule has 3 rings (SSSR count). The van der Waals surface area contributed by atoms with Gasteiger partial charge in [-0.15, -0.1) is 0 Å². The monoisotopic (exact) mass is 443 g/mol. The zero-order chi connectivity index (χ0) is 21.2. The number of amides is 1. The maximum absolute atomic E-state index is 14.1. The van der Waals surface area contributed by atoms with Crippen LogP contribution in [-0.2, 0) is 0 Å². The van der Waals surface area contributed by atoms with Crippen LogP contribution in [0.25, 0.3) is 0 Å². The van der Waals surface area contributed by atoms with Crippen LogP contribution in [0, 0.1) is 5.82 Å². The maximum atomic E-state index is 14.1. The number of carbonyl (C=O) groups is 1. The third-order valence-electron chi connectivity index (χ3n) is 5.31. The lowest BCUT2D eigenvalue weighted by Crippen LogP contribution is -2.48.